The highest BCUT2D eigenvalue weighted by Crippen LogP contribution is 2.24. The first-order valence-electron chi connectivity index (χ1n) is 5.75. The van der Waals surface area contributed by atoms with Gasteiger partial charge >= 0.3 is 0 Å². The Balaban J connectivity index is 2.20. The molecule has 0 saturated heterocycles. The summed E-state index contributed by atoms with van der Waals surface area (Å²) in [4.78, 5) is 0. The van der Waals surface area contributed by atoms with E-state index in [-0.39, 0.29) is 11.7 Å². The highest BCUT2D eigenvalue weighted by Gasteiger charge is 2.12. The van der Waals surface area contributed by atoms with Crippen molar-refractivity contribution in [2.75, 3.05) is 5.88 Å². The standard InChI is InChI=1S/C15H13BrClF/c16-14-7-11(8-15(18)9-14)6-13(10-17)12-4-2-1-3-5-12/h1-5,7-9,13H,6,10H2. The summed E-state index contributed by atoms with van der Waals surface area (Å²) in [5, 5.41) is 0. The molecule has 0 aliphatic rings. The summed E-state index contributed by atoms with van der Waals surface area (Å²) in [5.41, 5.74) is 2.14. The Morgan fingerprint density at radius 1 is 1.11 bits per heavy atom. The van der Waals surface area contributed by atoms with E-state index in [1.165, 1.54) is 11.6 Å². The monoisotopic (exact) mass is 326 g/mol. The fourth-order valence-electron chi connectivity index (χ4n) is 2.00. The molecule has 2 rings (SSSR count). The van der Waals surface area contributed by atoms with E-state index in [4.69, 9.17) is 11.6 Å². The zero-order valence-corrected chi connectivity index (χ0v) is 12.1. The van der Waals surface area contributed by atoms with E-state index >= 15 is 0 Å². The van der Waals surface area contributed by atoms with E-state index in [1.54, 1.807) is 6.07 Å². The topological polar surface area (TPSA) is 0 Å². The molecule has 0 aliphatic heterocycles. The van der Waals surface area contributed by atoms with Crippen LogP contribution < -0.4 is 0 Å². The van der Waals surface area contributed by atoms with E-state index in [0.29, 0.717) is 5.88 Å². The van der Waals surface area contributed by atoms with Gasteiger partial charge in [-0.2, -0.15) is 0 Å². The maximum absolute atomic E-state index is 13.3. The summed E-state index contributed by atoms with van der Waals surface area (Å²) in [5.74, 6) is 0.514. The first-order chi connectivity index (χ1) is 8.69. The van der Waals surface area contributed by atoms with Crippen LogP contribution in [0.15, 0.2) is 53.0 Å². The average molecular weight is 328 g/mol. The molecule has 1 atom stereocenters. The lowest BCUT2D eigenvalue weighted by Gasteiger charge is -2.14. The van der Waals surface area contributed by atoms with Crippen LogP contribution in [0.2, 0.25) is 0 Å². The van der Waals surface area contributed by atoms with Gasteiger partial charge in [0.25, 0.3) is 0 Å². The summed E-state index contributed by atoms with van der Waals surface area (Å²) in [6.07, 6.45) is 0.740. The van der Waals surface area contributed by atoms with Gasteiger partial charge in [0.15, 0.2) is 0 Å². The lowest BCUT2D eigenvalue weighted by molar-refractivity contribution is 0.622. The second kappa shape index (κ2) is 6.35. The second-order valence-electron chi connectivity index (χ2n) is 4.24. The zero-order valence-electron chi connectivity index (χ0n) is 9.74. The number of hydrogen-bond acceptors (Lipinski definition) is 0. The van der Waals surface area contributed by atoms with Gasteiger partial charge in [0.2, 0.25) is 0 Å². The van der Waals surface area contributed by atoms with Crippen LogP contribution in [-0.2, 0) is 6.42 Å². The van der Waals surface area contributed by atoms with Crippen LogP contribution in [0, 0.1) is 5.82 Å². The third-order valence-corrected chi connectivity index (χ3v) is 3.69. The molecule has 0 aromatic heterocycles. The van der Waals surface area contributed by atoms with Gasteiger partial charge in [-0.1, -0.05) is 46.3 Å². The maximum Gasteiger partial charge on any atom is 0.124 e. The van der Waals surface area contributed by atoms with Crippen LogP contribution >= 0.6 is 27.5 Å². The summed E-state index contributed by atoms with van der Waals surface area (Å²) in [7, 11) is 0. The largest absolute Gasteiger partial charge is 0.207 e. The summed E-state index contributed by atoms with van der Waals surface area (Å²) in [6, 6.07) is 15.0. The SMILES string of the molecule is Fc1cc(Br)cc(CC(CCl)c2ccccc2)c1. The van der Waals surface area contributed by atoms with Crippen molar-refractivity contribution in [3.05, 3.63) is 69.9 Å². The molecule has 2 aromatic carbocycles. The molecule has 2 aromatic rings. The van der Waals surface area contributed by atoms with Crippen LogP contribution in [0.25, 0.3) is 0 Å². The third-order valence-electron chi connectivity index (χ3n) is 2.86. The zero-order chi connectivity index (χ0) is 13.0. The van der Waals surface area contributed by atoms with Crippen molar-refractivity contribution in [3.8, 4) is 0 Å². The van der Waals surface area contributed by atoms with Gasteiger partial charge in [0.1, 0.15) is 5.82 Å². The van der Waals surface area contributed by atoms with Crippen molar-refractivity contribution in [1.82, 2.24) is 0 Å². The smallest absolute Gasteiger partial charge is 0.124 e. The molecule has 0 amide bonds. The van der Waals surface area contributed by atoms with Gasteiger partial charge in [-0.15, -0.1) is 11.6 Å². The highest BCUT2D eigenvalue weighted by molar-refractivity contribution is 9.10. The maximum atomic E-state index is 13.3. The Morgan fingerprint density at radius 3 is 2.44 bits per heavy atom. The molecule has 0 N–H and O–H groups in total. The highest BCUT2D eigenvalue weighted by atomic mass is 79.9. The summed E-state index contributed by atoms with van der Waals surface area (Å²) < 4.78 is 14.1. The van der Waals surface area contributed by atoms with E-state index < -0.39 is 0 Å². The van der Waals surface area contributed by atoms with Gasteiger partial charge in [-0.3, -0.25) is 0 Å². The van der Waals surface area contributed by atoms with Crippen LogP contribution in [0.4, 0.5) is 4.39 Å². The van der Waals surface area contributed by atoms with Crippen LogP contribution in [-0.4, -0.2) is 5.88 Å². The Labute approximate surface area is 120 Å². The van der Waals surface area contributed by atoms with Crippen molar-refractivity contribution in [2.24, 2.45) is 0 Å². The number of benzene rings is 2. The minimum Gasteiger partial charge on any atom is -0.207 e. The molecule has 94 valence electrons. The molecule has 0 saturated carbocycles. The van der Waals surface area contributed by atoms with Gasteiger partial charge in [0, 0.05) is 16.3 Å². The molecule has 1 unspecified atom stereocenters. The Bertz CT molecular complexity index is 493. The molecule has 18 heavy (non-hydrogen) atoms. The van der Waals surface area contributed by atoms with Gasteiger partial charge in [0.05, 0.1) is 0 Å². The van der Waals surface area contributed by atoms with Crippen molar-refractivity contribution in [2.45, 2.75) is 12.3 Å². The lowest BCUT2D eigenvalue weighted by Crippen LogP contribution is -2.05. The van der Waals surface area contributed by atoms with E-state index in [2.05, 4.69) is 28.1 Å². The molecule has 0 nitrogen and oxygen atoms in total. The van der Waals surface area contributed by atoms with Crippen molar-refractivity contribution < 1.29 is 4.39 Å². The molecule has 0 aliphatic carbocycles. The van der Waals surface area contributed by atoms with Crippen molar-refractivity contribution in [1.29, 1.82) is 0 Å². The van der Waals surface area contributed by atoms with Crippen LogP contribution in [0.5, 0.6) is 0 Å². The summed E-state index contributed by atoms with van der Waals surface area (Å²) >= 11 is 9.33. The number of alkyl halides is 1. The number of hydrogen-bond donors (Lipinski definition) is 0. The molecule has 0 spiro atoms. The molecular weight excluding hydrogens is 315 g/mol. The Morgan fingerprint density at radius 2 is 1.83 bits per heavy atom. The number of rotatable bonds is 4. The fraction of sp³-hybridized carbons (Fsp3) is 0.200. The molecule has 0 bridgehead atoms. The third kappa shape index (κ3) is 3.56. The van der Waals surface area contributed by atoms with E-state index in [1.807, 2.05) is 24.3 Å². The molecule has 3 heteroatoms. The second-order valence-corrected chi connectivity index (χ2v) is 5.47. The van der Waals surface area contributed by atoms with Crippen molar-refractivity contribution >= 4 is 27.5 Å². The minimum atomic E-state index is -0.222. The van der Waals surface area contributed by atoms with E-state index in [0.717, 1.165) is 16.5 Å². The fourth-order valence-corrected chi connectivity index (χ4v) is 2.80. The number of halogens is 3. The minimum absolute atomic E-state index is 0.210. The van der Waals surface area contributed by atoms with Crippen molar-refractivity contribution in [3.63, 3.8) is 0 Å². The predicted molar refractivity (Wildman–Crippen MR) is 77.7 cm³/mol. The Hall–Kier alpha value is -0.860. The van der Waals surface area contributed by atoms with Crippen LogP contribution in [0.1, 0.15) is 17.0 Å². The lowest BCUT2D eigenvalue weighted by atomic mass is 9.93. The molecule has 0 fully saturated rings. The van der Waals surface area contributed by atoms with Crippen LogP contribution in [0.3, 0.4) is 0 Å². The van der Waals surface area contributed by atoms with E-state index in [9.17, 15) is 4.39 Å². The van der Waals surface area contributed by atoms with Gasteiger partial charge in [-0.05, 0) is 35.7 Å². The average Bonchev–Trinajstić information content (AvgIpc) is 2.36. The quantitative estimate of drug-likeness (QED) is 0.681. The molecule has 0 heterocycles. The first kappa shape index (κ1) is 13.6. The normalized spacial score (nSPS) is 12.4. The van der Waals surface area contributed by atoms with Gasteiger partial charge < -0.3 is 0 Å². The summed E-state index contributed by atoms with van der Waals surface area (Å²) in [6.45, 7) is 0. The first-order valence-corrected chi connectivity index (χ1v) is 7.07. The molecular formula is C15H13BrClF. The molecule has 0 radical (unpaired) electrons. The Kier molecular flexibility index (Phi) is 4.79. The van der Waals surface area contributed by atoms with Gasteiger partial charge in [-0.25, -0.2) is 4.39 Å². The predicted octanol–water partition coefficient (Wildman–Crippen LogP) is 5.15.